The van der Waals surface area contributed by atoms with Crippen LogP contribution in [0.4, 0.5) is 17.2 Å². The van der Waals surface area contributed by atoms with Crippen molar-refractivity contribution in [3.05, 3.63) is 80.7 Å². The summed E-state index contributed by atoms with van der Waals surface area (Å²) < 4.78 is 5.57. The predicted molar refractivity (Wildman–Crippen MR) is 92.9 cm³/mol. The van der Waals surface area contributed by atoms with Gasteiger partial charge in [0.15, 0.2) is 0 Å². The largest absolute Gasteiger partial charge is 0.455 e. The van der Waals surface area contributed by atoms with Crippen molar-refractivity contribution in [1.29, 1.82) is 0 Å². The topological polar surface area (TPSA) is 137 Å². The van der Waals surface area contributed by atoms with Gasteiger partial charge in [0.2, 0.25) is 0 Å². The summed E-state index contributed by atoms with van der Waals surface area (Å²) in [6.45, 7) is 0. The van der Waals surface area contributed by atoms with E-state index in [9.17, 15) is 20.2 Å². The average molecular weight is 353 g/mol. The number of rotatable bonds is 6. The summed E-state index contributed by atoms with van der Waals surface area (Å²) >= 11 is 0. The molecule has 26 heavy (non-hydrogen) atoms. The number of non-ortho nitro benzene ring substituents is 1. The van der Waals surface area contributed by atoms with Gasteiger partial charge >= 0.3 is 0 Å². The van der Waals surface area contributed by atoms with Crippen LogP contribution in [0.25, 0.3) is 11.3 Å². The first-order valence-corrected chi connectivity index (χ1v) is 7.27. The molecule has 0 aliphatic heterocycles. The smallest absolute Gasteiger partial charge is 0.287 e. The van der Waals surface area contributed by atoms with Crippen LogP contribution in [-0.2, 0) is 0 Å². The van der Waals surface area contributed by atoms with Crippen molar-refractivity contribution in [2.24, 2.45) is 5.10 Å². The molecule has 0 aliphatic rings. The van der Waals surface area contributed by atoms with Crippen molar-refractivity contribution < 1.29 is 14.3 Å². The molecule has 10 nitrogen and oxygen atoms in total. The molecule has 3 rings (SSSR count). The molecule has 0 bridgehead atoms. The lowest BCUT2D eigenvalue weighted by atomic mass is 10.1. The van der Waals surface area contributed by atoms with Crippen molar-refractivity contribution in [1.82, 2.24) is 4.98 Å². The molecule has 0 unspecified atom stereocenters. The van der Waals surface area contributed by atoms with Gasteiger partial charge in [-0.3, -0.25) is 25.7 Å². The van der Waals surface area contributed by atoms with Crippen molar-refractivity contribution >= 4 is 23.4 Å². The van der Waals surface area contributed by atoms with E-state index in [1.54, 1.807) is 24.3 Å². The molecule has 0 saturated carbocycles. The number of hydrogen-bond acceptors (Lipinski definition) is 8. The number of anilines is 1. The Balaban J connectivity index is 1.68. The number of nitrogens with one attached hydrogen (secondary N) is 1. The van der Waals surface area contributed by atoms with Crippen LogP contribution in [0.5, 0.6) is 0 Å². The van der Waals surface area contributed by atoms with Gasteiger partial charge in [0.1, 0.15) is 23.5 Å². The summed E-state index contributed by atoms with van der Waals surface area (Å²) in [5, 5.41) is 25.3. The lowest BCUT2D eigenvalue weighted by Gasteiger charge is -1.98. The van der Waals surface area contributed by atoms with Crippen LogP contribution in [0.15, 0.2) is 64.2 Å². The minimum absolute atomic E-state index is 0.0278. The quantitative estimate of drug-likeness (QED) is 0.406. The fraction of sp³-hybridized carbons (Fsp3) is 0. The Morgan fingerprint density at radius 1 is 1.04 bits per heavy atom. The van der Waals surface area contributed by atoms with Crippen LogP contribution >= 0.6 is 0 Å². The Kier molecular flexibility index (Phi) is 4.65. The molecule has 2 aromatic heterocycles. The highest BCUT2D eigenvalue weighted by molar-refractivity contribution is 5.78. The number of furan rings is 1. The van der Waals surface area contributed by atoms with Crippen LogP contribution in [0, 0.1) is 20.2 Å². The van der Waals surface area contributed by atoms with Gasteiger partial charge in [-0.05, 0) is 18.2 Å². The number of nitro benzene ring substituents is 1. The van der Waals surface area contributed by atoms with E-state index in [1.807, 2.05) is 0 Å². The van der Waals surface area contributed by atoms with E-state index in [4.69, 9.17) is 4.42 Å². The number of benzene rings is 1. The molecule has 0 radical (unpaired) electrons. The van der Waals surface area contributed by atoms with E-state index < -0.39 is 9.85 Å². The Morgan fingerprint density at radius 3 is 2.54 bits per heavy atom. The third-order valence-electron chi connectivity index (χ3n) is 3.30. The van der Waals surface area contributed by atoms with E-state index in [1.165, 1.54) is 30.5 Å². The Labute approximate surface area is 146 Å². The van der Waals surface area contributed by atoms with E-state index >= 15 is 0 Å². The zero-order valence-electron chi connectivity index (χ0n) is 13.1. The first kappa shape index (κ1) is 16.8. The maximum atomic E-state index is 10.8. The molecule has 1 aromatic carbocycles. The molecular weight excluding hydrogens is 342 g/mol. The fourth-order valence-corrected chi connectivity index (χ4v) is 2.07. The summed E-state index contributed by atoms with van der Waals surface area (Å²) in [7, 11) is 0. The number of hydrazone groups is 1. The van der Waals surface area contributed by atoms with Crippen molar-refractivity contribution in [2.75, 3.05) is 5.43 Å². The van der Waals surface area contributed by atoms with Crippen LogP contribution in [-0.4, -0.2) is 21.0 Å². The minimum atomic E-state index is -0.543. The minimum Gasteiger partial charge on any atom is -0.455 e. The van der Waals surface area contributed by atoms with E-state index in [2.05, 4.69) is 15.5 Å². The molecule has 0 atom stereocenters. The summed E-state index contributed by atoms with van der Waals surface area (Å²) in [6.07, 6.45) is 2.51. The van der Waals surface area contributed by atoms with Gasteiger partial charge in [0.05, 0.1) is 16.1 Å². The third kappa shape index (κ3) is 3.87. The number of hydrogen-bond donors (Lipinski definition) is 1. The number of nitro groups is 2. The normalized spacial score (nSPS) is 10.8. The second-order valence-corrected chi connectivity index (χ2v) is 5.04. The highest BCUT2D eigenvalue weighted by Gasteiger charge is 2.10. The Hall–Kier alpha value is -4.08. The number of pyridine rings is 1. The lowest BCUT2D eigenvalue weighted by molar-refractivity contribution is -0.385. The second-order valence-electron chi connectivity index (χ2n) is 5.04. The summed E-state index contributed by atoms with van der Waals surface area (Å²) in [5.74, 6) is 1.21. The molecule has 3 aromatic rings. The molecule has 0 fully saturated rings. The molecule has 130 valence electrons. The molecule has 2 heterocycles. The van der Waals surface area contributed by atoms with Crippen LogP contribution in [0.3, 0.4) is 0 Å². The molecule has 0 saturated heterocycles. The maximum Gasteiger partial charge on any atom is 0.287 e. The summed E-state index contributed by atoms with van der Waals surface area (Å²) in [6, 6.07) is 12.1. The fourth-order valence-electron chi connectivity index (χ4n) is 2.07. The maximum absolute atomic E-state index is 10.8. The van der Waals surface area contributed by atoms with Gasteiger partial charge < -0.3 is 4.42 Å². The first-order valence-electron chi connectivity index (χ1n) is 7.27. The van der Waals surface area contributed by atoms with Gasteiger partial charge in [-0.1, -0.05) is 12.1 Å². The lowest BCUT2D eigenvalue weighted by Crippen LogP contribution is -1.94. The summed E-state index contributed by atoms with van der Waals surface area (Å²) in [5.41, 5.74) is 3.05. The first-order chi connectivity index (χ1) is 12.5. The molecule has 0 amide bonds. The highest BCUT2D eigenvalue weighted by Crippen LogP contribution is 2.25. The monoisotopic (exact) mass is 353 g/mol. The Bertz CT molecular complexity index is 981. The van der Waals surface area contributed by atoms with E-state index in [0.29, 0.717) is 22.9 Å². The number of aromatic nitrogens is 1. The molecular formula is C16H11N5O5. The van der Waals surface area contributed by atoms with Gasteiger partial charge in [0, 0.05) is 23.8 Å². The SMILES string of the molecule is O=[N+]([O-])c1ccc(NN=Cc2ccc(-c3cccc([N+](=O)[O-])c3)o2)nc1. The van der Waals surface area contributed by atoms with E-state index in [0.717, 1.165) is 6.20 Å². The number of nitrogens with zero attached hydrogens (tertiary/aromatic N) is 4. The molecule has 0 spiro atoms. The molecule has 10 heteroatoms. The average Bonchev–Trinajstić information content (AvgIpc) is 3.11. The van der Waals surface area contributed by atoms with Crippen LogP contribution in [0.2, 0.25) is 0 Å². The zero-order chi connectivity index (χ0) is 18.5. The van der Waals surface area contributed by atoms with Crippen LogP contribution in [0.1, 0.15) is 5.76 Å². The second kappa shape index (κ2) is 7.21. The van der Waals surface area contributed by atoms with Gasteiger partial charge in [-0.2, -0.15) is 5.10 Å². The summed E-state index contributed by atoms with van der Waals surface area (Å²) in [4.78, 5) is 24.2. The van der Waals surface area contributed by atoms with Gasteiger partial charge in [-0.15, -0.1) is 0 Å². The van der Waals surface area contributed by atoms with Crippen LogP contribution < -0.4 is 5.43 Å². The van der Waals surface area contributed by atoms with Crippen molar-refractivity contribution in [2.45, 2.75) is 0 Å². The zero-order valence-corrected chi connectivity index (χ0v) is 13.1. The van der Waals surface area contributed by atoms with Gasteiger partial charge in [0.25, 0.3) is 11.4 Å². The molecule has 1 N–H and O–H groups in total. The van der Waals surface area contributed by atoms with Gasteiger partial charge in [-0.25, -0.2) is 4.98 Å². The Morgan fingerprint density at radius 2 is 1.85 bits per heavy atom. The standard InChI is InChI=1S/C16H11N5O5/c22-20(23)12-3-1-2-11(8-12)15-6-5-14(26-15)10-18-19-16-7-4-13(9-17-16)21(24)25/h1-10H,(H,17,19). The van der Waals surface area contributed by atoms with Crippen molar-refractivity contribution in [3.8, 4) is 11.3 Å². The third-order valence-corrected chi connectivity index (χ3v) is 3.30. The van der Waals surface area contributed by atoms with E-state index in [-0.39, 0.29) is 11.4 Å². The van der Waals surface area contributed by atoms with Crippen molar-refractivity contribution in [3.63, 3.8) is 0 Å². The predicted octanol–water partition coefficient (Wildman–Crippen LogP) is 3.60. The molecule has 0 aliphatic carbocycles. The highest BCUT2D eigenvalue weighted by atomic mass is 16.6.